The maximum Gasteiger partial charge on any atom is 0.0809 e. The van der Waals surface area contributed by atoms with Gasteiger partial charge in [0.2, 0.25) is 0 Å². The van der Waals surface area contributed by atoms with Gasteiger partial charge in [-0.1, -0.05) is 18.2 Å². The molecule has 1 aromatic carbocycles. The molecule has 4 nitrogen and oxygen atoms in total. The zero-order chi connectivity index (χ0) is 7.40. The fourth-order valence-electron chi connectivity index (χ4n) is 0.628. The van der Waals surface area contributed by atoms with Crippen LogP contribution < -0.4 is 11.0 Å². The van der Waals surface area contributed by atoms with Gasteiger partial charge in [0.15, 0.2) is 0 Å². The first-order valence-corrected chi connectivity index (χ1v) is 2.78. The average Bonchev–Trinajstić information content (AvgIpc) is 2.05. The maximum atomic E-state index is 9.86. The number of nitrogens with two attached hydrogens (primary N) is 1. The van der Waals surface area contributed by atoms with Crippen LogP contribution >= 0.6 is 0 Å². The Kier molecular flexibility index (Phi) is 1.96. The quantitative estimate of drug-likeness (QED) is 0.376. The molecule has 0 aliphatic heterocycles. The highest BCUT2D eigenvalue weighted by Crippen LogP contribution is 2.08. The predicted molar refractivity (Wildman–Crippen MR) is 38.9 cm³/mol. The molecule has 0 aromatic heterocycles. The van der Waals surface area contributed by atoms with Crippen LogP contribution in [0.4, 0.5) is 5.69 Å². The topological polar surface area (TPSA) is 58.7 Å². The molecule has 1 rings (SSSR count). The Morgan fingerprint density at radius 2 is 1.90 bits per heavy atom. The molecule has 0 aliphatic rings. The second-order valence-electron chi connectivity index (χ2n) is 1.76. The Bertz CT molecular complexity index is 211. The zero-order valence-electron chi connectivity index (χ0n) is 5.27. The summed E-state index contributed by atoms with van der Waals surface area (Å²) in [6.07, 6.45) is 0. The van der Waals surface area contributed by atoms with Gasteiger partial charge in [-0.2, -0.15) is 5.12 Å². The molecule has 0 saturated carbocycles. The molecule has 0 atom stereocenters. The number of rotatable bonds is 2. The molecule has 0 amide bonds. The number of hydrogen-bond acceptors (Lipinski definition) is 3. The Hall–Kier alpha value is -1.42. The Morgan fingerprint density at radius 1 is 1.30 bits per heavy atom. The highest BCUT2D eigenvalue weighted by Gasteiger charge is 1.95. The van der Waals surface area contributed by atoms with Crippen LogP contribution in [0.2, 0.25) is 0 Å². The van der Waals surface area contributed by atoms with E-state index in [0.29, 0.717) is 5.69 Å². The highest BCUT2D eigenvalue weighted by atomic mass is 16.3. The van der Waals surface area contributed by atoms with E-state index >= 15 is 0 Å². The normalized spacial score (nSPS) is 8.90. The minimum atomic E-state index is 0.581. The standard InChI is InChI=1S/C6H7N3O/c7-9(8-10)6-4-2-1-3-5-6/h1-5H,7H2. The molecule has 0 fully saturated rings. The number of hydrogen-bond donors (Lipinski definition) is 1. The largest absolute Gasteiger partial charge is 0.224 e. The van der Waals surface area contributed by atoms with Crippen molar-refractivity contribution >= 4 is 5.69 Å². The first-order chi connectivity index (χ1) is 4.84. The number of para-hydroxylation sites is 1. The van der Waals surface area contributed by atoms with Gasteiger partial charge in [-0.05, 0) is 12.1 Å². The second kappa shape index (κ2) is 2.93. The number of nitroso groups, excluding NO2 is 1. The SMILES string of the molecule is NN(N=O)c1ccccc1. The molecule has 0 spiro atoms. The van der Waals surface area contributed by atoms with Crippen molar-refractivity contribution in [2.24, 2.45) is 11.1 Å². The van der Waals surface area contributed by atoms with E-state index in [9.17, 15) is 4.91 Å². The minimum absolute atomic E-state index is 0.581. The number of nitrogens with zero attached hydrogens (tertiary/aromatic N) is 2. The summed E-state index contributed by atoms with van der Waals surface area (Å²) in [5.74, 6) is 5.15. The van der Waals surface area contributed by atoms with E-state index in [4.69, 9.17) is 5.84 Å². The maximum absolute atomic E-state index is 9.86. The Balaban J connectivity index is 2.84. The van der Waals surface area contributed by atoms with E-state index in [1.54, 1.807) is 24.3 Å². The fourth-order valence-corrected chi connectivity index (χ4v) is 0.628. The Labute approximate surface area is 58.2 Å². The summed E-state index contributed by atoms with van der Waals surface area (Å²) in [6, 6.07) is 8.78. The van der Waals surface area contributed by atoms with E-state index in [0.717, 1.165) is 5.12 Å². The van der Waals surface area contributed by atoms with Crippen molar-refractivity contribution in [3.8, 4) is 0 Å². The van der Waals surface area contributed by atoms with Crippen LogP contribution in [-0.4, -0.2) is 0 Å². The van der Waals surface area contributed by atoms with E-state index in [1.807, 2.05) is 6.07 Å². The first-order valence-electron chi connectivity index (χ1n) is 2.78. The third-order valence-corrected chi connectivity index (χ3v) is 1.11. The molecule has 0 radical (unpaired) electrons. The summed E-state index contributed by atoms with van der Waals surface area (Å²) in [5.41, 5.74) is 0.581. The fraction of sp³-hybridized carbons (Fsp3) is 0. The van der Waals surface area contributed by atoms with E-state index in [-0.39, 0.29) is 0 Å². The average molecular weight is 137 g/mol. The van der Waals surface area contributed by atoms with E-state index < -0.39 is 0 Å². The summed E-state index contributed by atoms with van der Waals surface area (Å²) < 4.78 is 0. The van der Waals surface area contributed by atoms with Gasteiger partial charge in [-0.3, -0.25) is 0 Å². The third-order valence-electron chi connectivity index (χ3n) is 1.11. The lowest BCUT2D eigenvalue weighted by molar-refractivity contribution is 0.916. The smallest absolute Gasteiger partial charge is 0.0809 e. The van der Waals surface area contributed by atoms with Gasteiger partial charge in [0.25, 0.3) is 0 Å². The van der Waals surface area contributed by atoms with Crippen molar-refractivity contribution in [2.45, 2.75) is 0 Å². The molecule has 0 aliphatic carbocycles. The van der Waals surface area contributed by atoms with Crippen LogP contribution in [0, 0.1) is 4.91 Å². The molecule has 1 aromatic rings. The predicted octanol–water partition coefficient (Wildman–Crippen LogP) is 1.05. The lowest BCUT2D eigenvalue weighted by Gasteiger charge is -2.05. The summed E-state index contributed by atoms with van der Waals surface area (Å²) in [5, 5.41) is 3.30. The van der Waals surface area contributed by atoms with E-state index in [1.165, 1.54) is 0 Å². The van der Waals surface area contributed by atoms with Crippen molar-refractivity contribution in [3.63, 3.8) is 0 Å². The molecule has 0 saturated heterocycles. The van der Waals surface area contributed by atoms with Gasteiger partial charge < -0.3 is 0 Å². The summed E-state index contributed by atoms with van der Waals surface area (Å²) in [6.45, 7) is 0. The van der Waals surface area contributed by atoms with Gasteiger partial charge >= 0.3 is 0 Å². The summed E-state index contributed by atoms with van der Waals surface area (Å²) >= 11 is 0. The lowest BCUT2D eigenvalue weighted by Crippen LogP contribution is -2.22. The van der Waals surface area contributed by atoms with Crippen molar-refractivity contribution < 1.29 is 0 Å². The van der Waals surface area contributed by atoms with Crippen molar-refractivity contribution in [3.05, 3.63) is 35.2 Å². The van der Waals surface area contributed by atoms with Gasteiger partial charge in [-0.15, -0.1) is 4.91 Å². The first kappa shape index (κ1) is 6.70. The van der Waals surface area contributed by atoms with Gasteiger partial charge in [0.05, 0.1) is 11.0 Å². The van der Waals surface area contributed by atoms with Gasteiger partial charge in [-0.25, -0.2) is 5.84 Å². The van der Waals surface area contributed by atoms with Gasteiger partial charge in [0, 0.05) is 0 Å². The van der Waals surface area contributed by atoms with Crippen LogP contribution in [0.3, 0.4) is 0 Å². The van der Waals surface area contributed by atoms with Crippen LogP contribution in [0.5, 0.6) is 0 Å². The molecular weight excluding hydrogens is 130 g/mol. The summed E-state index contributed by atoms with van der Waals surface area (Å²) in [7, 11) is 0. The summed E-state index contributed by atoms with van der Waals surface area (Å²) in [4.78, 5) is 9.86. The number of hydrazine groups is 1. The molecule has 10 heavy (non-hydrogen) atoms. The second-order valence-corrected chi connectivity index (χ2v) is 1.76. The molecule has 0 heterocycles. The van der Waals surface area contributed by atoms with Crippen molar-refractivity contribution in [2.75, 3.05) is 5.12 Å². The van der Waals surface area contributed by atoms with E-state index in [2.05, 4.69) is 5.29 Å². The molecular formula is C6H7N3O. The molecule has 0 bridgehead atoms. The third kappa shape index (κ3) is 1.29. The van der Waals surface area contributed by atoms with Crippen molar-refractivity contribution in [1.29, 1.82) is 0 Å². The van der Waals surface area contributed by atoms with Crippen LogP contribution in [0.25, 0.3) is 0 Å². The molecule has 52 valence electrons. The highest BCUT2D eigenvalue weighted by molar-refractivity contribution is 5.42. The lowest BCUT2D eigenvalue weighted by atomic mass is 10.3. The molecule has 2 N–H and O–H groups in total. The monoisotopic (exact) mass is 137 g/mol. The Morgan fingerprint density at radius 3 is 2.40 bits per heavy atom. The van der Waals surface area contributed by atoms with Crippen molar-refractivity contribution in [1.82, 2.24) is 0 Å². The van der Waals surface area contributed by atoms with Gasteiger partial charge in [0.1, 0.15) is 0 Å². The minimum Gasteiger partial charge on any atom is -0.224 e. The van der Waals surface area contributed by atoms with Crippen LogP contribution in [-0.2, 0) is 0 Å². The number of benzene rings is 1. The zero-order valence-corrected chi connectivity index (χ0v) is 5.27. The number of anilines is 1. The van der Waals surface area contributed by atoms with Crippen LogP contribution in [0.1, 0.15) is 0 Å². The van der Waals surface area contributed by atoms with Crippen LogP contribution in [0.15, 0.2) is 35.6 Å². The molecule has 0 unspecified atom stereocenters. The molecule has 4 heteroatoms.